The Morgan fingerprint density at radius 2 is 1.88 bits per heavy atom. The lowest BCUT2D eigenvalue weighted by atomic mass is 9.88. The lowest BCUT2D eigenvalue weighted by Crippen LogP contribution is -2.44. The second-order valence-electron chi connectivity index (χ2n) is 13.4. The predicted molar refractivity (Wildman–Crippen MR) is 199 cm³/mol. The van der Waals surface area contributed by atoms with Gasteiger partial charge in [0, 0.05) is 69.6 Å². The quantitative estimate of drug-likeness (QED) is 0.135. The third kappa shape index (κ3) is 9.29. The van der Waals surface area contributed by atoms with E-state index in [0.717, 1.165) is 94.2 Å². The van der Waals surface area contributed by atoms with Gasteiger partial charge in [-0.05, 0) is 69.1 Å². The Balaban J connectivity index is 1.08. The molecule has 0 aliphatic carbocycles. The zero-order chi connectivity index (χ0) is 35.5. The minimum Gasteiger partial charge on any atom is -0.375 e. The number of aromatic nitrogens is 5. The summed E-state index contributed by atoms with van der Waals surface area (Å²) < 4.78 is 7.84. The highest BCUT2D eigenvalue weighted by molar-refractivity contribution is 5.93. The van der Waals surface area contributed by atoms with Crippen LogP contribution in [0.25, 0.3) is 11.1 Å². The molecule has 2 amide bonds. The lowest BCUT2D eigenvalue weighted by Gasteiger charge is -2.39. The Kier molecular flexibility index (Phi) is 11.9. The molecule has 2 aliphatic rings. The molecule has 0 unspecified atom stereocenters. The molecule has 2 saturated heterocycles. The standard InChI is InChI=1S/C39H48N10O2/c1-3-10-31(13-7-8-19-41-37-43-26-33(23-40)36(46-37)48-20-17-39(18-21-48)16-9-22-51-39)28-49(38(50)44-24-30-11-5-4-6-12-30)35-15-14-32(25-42-35)34-27-45-47(2)29-34/h4-6,11-12,14-15,25-29H,3,7-10,13,16-22,24H2,1-2H3,(H,44,50)(H,41,43,46)/b31-28-. The molecule has 2 aliphatic heterocycles. The van der Waals surface area contributed by atoms with Gasteiger partial charge in [0.15, 0.2) is 5.82 Å². The number of aryl methyl sites for hydroxylation is 1. The number of ether oxygens (including phenoxy) is 1. The van der Waals surface area contributed by atoms with Gasteiger partial charge in [-0.15, -0.1) is 0 Å². The molecule has 4 aromatic rings. The van der Waals surface area contributed by atoms with Crippen LogP contribution in [0, 0.1) is 11.3 Å². The van der Waals surface area contributed by atoms with E-state index in [9.17, 15) is 10.1 Å². The number of benzene rings is 1. The highest BCUT2D eigenvalue weighted by Gasteiger charge is 2.39. The number of hydrogen-bond donors (Lipinski definition) is 2. The van der Waals surface area contributed by atoms with E-state index in [2.05, 4.69) is 38.6 Å². The van der Waals surface area contributed by atoms with Gasteiger partial charge < -0.3 is 20.3 Å². The van der Waals surface area contributed by atoms with Gasteiger partial charge in [-0.3, -0.25) is 9.58 Å². The van der Waals surface area contributed by atoms with Crippen LogP contribution in [-0.2, 0) is 18.3 Å². The lowest BCUT2D eigenvalue weighted by molar-refractivity contribution is -0.0147. The van der Waals surface area contributed by atoms with Gasteiger partial charge >= 0.3 is 6.03 Å². The van der Waals surface area contributed by atoms with E-state index in [1.54, 1.807) is 28.2 Å². The second-order valence-corrected chi connectivity index (χ2v) is 13.4. The van der Waals surface area contributed by atoms with Crippen molar-refractivity contribution < 1.29 is 9.53 Å². The number of urea groups is 1. The van der Waals surface area contributed by atoms with Crippen molar-refractivity contribution in [1.82, 2.24) is 30.0 Å². The number of nitriles is 1. The Labute approximate surface area is 300 Å². The number of allylic oxidation sites excluding steroid dienone is 1. The molecule has 0 radical (unpaired) electrons. The maximum atomic E-state index is 13.7. The maximum absolute atomic E-state index is 13.7. The largest absolute Gasteiger partial charge is 0.375 e. The van der Waals surface area contributed by atoms with E-state index in [4.69, 9.17) is 14.7 Å². The van der Waals surface area contributed by atoms with Crippen LogP contribution in [0.4, 0.5) is 22.4 Å². The SMILES string of the molecule is CCC/C(=C/N(C(=O)NCc1ccccc1)c1ccc(-c2cnn(C)c2)cn1)CCCCNc1ncc(C#N)c(N2CCC3(CCCO3)CC2)n1. The Bertz CT molecular complexity index is 1800. The molecule has 266 valence electrons. The summed E-state index contributed by atoms with van der Waals surface area (Å²) in [7, 11) is 1.88. The van der Waals surface area contributed by atoms with Crippen LogP contribution in [0.1, 0.15) is 75.8 Å². The van der Waals surface area contributed by atoms with Crippen LogP contribution < -0.4 is 20.4 Å². The Hall–Kier alpha value is -5.28. The Morgan fingerprint density at radius 3 is 2.57 bits per heavy atom. The number of anilines is 3. The van der Waals surface area contributed by atoms with Crippen molar-refractivity contribution in [3.05, 3.63) is 90.2 Å². The fourth-order valence-corrected chi connectivity index (χ4v) is 6.85. The molecule has 6 rings (SSSR count). The van der Waals surface area contributed by atoms with Crippen LogP contribution in [0.3, 0.4) is 0 Å². The number of unbranched alkanes of at least 4 members (excludes halogenated alkanes) is 1. The van der Waals surface area contributed by atoms with Crippen molar-refractivity contribution in [2.45, 2.75) is 76.9 Å². The molecule has 1 spiro atoms. The highest BCUT2D eigenvalue weighted by atomic mass is 16.5. The van der Waals surface area contributed by atoms with Gasteiger partial charge in [-0.2, -0.15) is 15.3 Å². The van der Waals surface area contributed by atoms with E-state index < -0.39 is 0 Å². The molecule has 12 heteroatoms. The number of hydrogen-bond acceptors (Lipinski definition) is 9. The Morgan fingerprint density at radius 1 is 1.04 bits per heavy atom. The normalized spacial score (nSPS) is 15.5. The topological polar surface area (TPSA) is 137 Å². The summed E-state index contributed by atoms with van der Waals surface area (Å²) in [5, 5.41) is 20.5. The zero-order valence-corrected chi connectivity index (χ0v) is 29.7. The molecular formula is C39H48N10O2. The van der Waals surface area contributed by atoms with E-state index in [1.165, 1.54) is 5.57 Å². The van der Waals surface area contributed by atoms with Crippen molar-refractivity contribution in [3.8, 4) is 17.2 Å². The fourth-order valence-electron chi connectivity index (χ4n) is 6.85. The molecule has 0 atom stereocenters. The first-order valence-electron chi connectivity index (χ1n) is 18.1. The van der Waals surface area contributed by atoms with Crippen molar-refractivity contribution in [2.75, 3.05) is 41.4 Å². The van der Waals surface area contributed by atoms with Crippen LogP contribution >= 0.6 is 0 Å². The average molecular weight is 689 g/mol. The highest BCUT2D eigenvalue weighted by Crippen LogP contribution is 2.37. The minimum atomic E-state index is -0.232. The number of rotatable bonds is 14. The van der Waals surface area contributed by atoms with Crippen molar-refractivity contribution in [1.29, 1.82) is 5.26 Å². The molecule has 3 aromatic heterocycles. The number of piperidine rings is 1. The summed E-state index contributed by atoms with van der Waals surface area (Å²) in [4.78, 5) is 31.4. The maximum Gasteiger partial charge on any atom is 0.327 e. The first-order valence-corrected chi connectivity index (χ1v) is 18.1. The number of carbonyl (C=O) groups is 1. The smallest absolute Gasteiger partial charge is 0.327 e. The number of carbonyl (C=O) groups excluding carboxylic acids is 1. The number of amides is 2. The van der Waals surface area contributed by atoms with E-state index in [0.29, 0.717) is 36.2 Å². The molecular weight excluding hydrogens is 640 g/mol. The summed E-state index contributed by atoms with van der Waals surface area (Å²) >= 11 is 0. The van der Waals surface area contributed by atoms with Crippen LogP contribution in [-0.4, -0.2) is 62.6 Å². The molecule has 2 N–H and O–H groups in total. The molecule has 51 heavy (non-hydrogen) atoms. The zero-order valence-electron chi connectivity index (χ0n) is 29.7. The minimum absolute atomic E-state index is 0.00685. The second kappa shape index (κ2) is 17.1. The third-order valence-corrected chi connectivity index (χ3v) is 9.68. The number of nitrogens with one attached hydrogen (secondary N) is 2. The first kappa shape index (κ1) is 35.5. The molecule has 1 aromatic carbocycles. The van der Waals surface area contributed by atoms with Crippen molar-refractivity contribution in [3.63, 3.8) is 0 Å². The number of nitrogens with zero attached hydrogens (tertiary/aromatic N) is 8. The van der Waals surface area contributed by atoms with Crippen LogP contribution in [0.2, 0.25) is 0 Å². The van der Waals surface area contributed by atoms with Crippen LogP contribution in [0.5, 0.6) is 0 Å². The van der Waals surface area contributed by atoms with Gasteiger partial charge in [0.1, 0.15) is 17.5 Å². The van der Waals surface area contributed by atoms with Gasteiger partial charge in [0.25, 0.3) is 0 Å². The van der Waals surface area contributed by atoms with Gasteiger partial charge in [0.2, 0.25) is 5.95 Å². The van der Waals surface area contributed by atoms with Gasteiger partial charge in [-0.1, -0.05) is 49.2 Å². The molecule has 5 heterocycles. The number of pyridine rings is 1. The third-order valence-electron chi connectivity index (χ3n) is 9.68. The van der Waals surface area contributed by atoms with Gasteiger partial charge in [-0.25, -0.2) is 14.8 Å². The predicted octanol–water partition coefficient (Wildman–Crippen LogP) is 6.98. The van der Waals surface area contributed by atoms with Crippen molar-refractivity contribution >= 4 is 23.6 Å². The molecule has 0 bridgehead atoms. The first-order chi connectivity index (χ1) is 24.9. The molecule has 0 saturated carbocycles. The monoisotopic (exact) mass is 688 g/mol. The summed E-state index contributed by atoms with van der Waals surface area (Å²) in [6.07, 6.45) is 17.7. The molecule has 2 fully saturated rings. The summed E-state index contributed by atoms with van der Waals surface area (Å²) in [6, 6.07) is 15.8. The summed E-state index contributed by atoms with van der Waals surface area (Å²) in [6.45, 7) is 5.76. The van der Waals surface area contributed by atoms with E-state index >= 15 is 0 Å². The van der Waals surface area contributed by atoms with E-state index in [1.807, 2.05) is 61.9 Å². The van der Waals surface area contributed by atoms with Crippen LogP contribution in [0.15, 0.2) is 79.0 Å². The molecule has 12 nitrogen and oxygen atoms in total. The summed E-state index contributed by atoms with van der Waals surface area (Å²) in [5.41, 5.74) is 4.61. The fraction of sp³-hybridized carbons (Fsp3) is 0.436. The van der Waals surface area contributed by atoms with Gasteiger partial charge in [0.05, 0.1) is 18.0 Å². The van der Waals surface area contributed by atoms with Crippen molar-refractivity contribution in [2.24, 2.45) is 7.05 Å². The van der Waals surface area contributed by atoms with E-state index in [-0.39, 0.29) is 11.6 Å². The summed E-state index contributed by atoms with van der Waals surface area (Å²) in [5.74, 6) is 1.79. The average Bonchev–Trinajstić information content (AvgIpc) is 3.82.